The molecule has 0 aromatic carbocycles. The van der Waals surface area contributed by atoms with E-state index in [-0.39, 0.29) is 18.1 Å². The van der Waals surface area contributed by atoms with E-state index < -0.39 is 12.1 Å². The lowest BCUT2D eigenvalue weighted by Gasteiger charge is -2.27. The van der Waals surface area contributed by atoms with E-state index in [9.17, 15) is 4.79 Å². The fourth-order valence-electron chi connectivity index (χ4n) is 2.19. The van der Waals surface area contributed by atoms with Gasteiger partial charge in [-0.25, -0.2) is 4.98 Å². The number of methoxy groups -OCH3 is 2. The van der Waals surface area contributed by atoms with Gasteiger partial charge in [0.15, 0.2) is 17.8 Å². The van der Waals surface area contributed by atoms with Gasteiger partial charge in [-0.05, 0) is 24.3 Å². The molecule has 9 heteroatoms. The van der Waals surface area contributed by atoms with Gasteiger partial charge < -0.3 is 19.5 Å². The summed E-state index contributed by atoms with van der Waals surface area (Å²) in [6, 6.07) is 3.27. The van der Waals surface area contributed by atoms with Crippen molar-refractivity contribution in [2.24, 2.45) is 0 Å². The molecule has 9 nitrogen and oxygen atoms in total. The second kappa shape index (κ2) is 6.87. The molecule has 0 saturated carbocycles. The number of amides is 1. The van der Waals surface area contributed by atoms with Crippen LogP contribution in [-0.2, 0) is 14.2 Å². The molecule has 0 bridgehead atoms. The van der Waals surface area contributed by atoms with Crippen LogP contribution >= 0.6 is 0 Å². The molecule has 126 valence electrons. The molecule has 1 N–H and O–H groups in total. The summed E-state index contributed by atoms with van der Waals surface area (Å²) in [5, 5.41) is 10.6. The maximum absolute atomic E-state index is 12.2. The summed E-state index contributed by atoms with van der Waals surface area (Å²) >= 11 is 0. The predicted octanol–water partition coefficient (Wildman–Crippen LogP) is 0.294. The number of rotatable bonds is 6. The average molecular weight is 331 g/mol. The summed E-state index contributed by atoms with van der Waals surface area (Å²) in [6.07, 6.45) is 7.89. The molecule has 0 radical (unpaired) electrons. The fraction of sp³-hybridized carbons (Fsp3) is 0.333. The zero-order valence-corrected chi connectivity index (χ0v) is 13.2. The number of hydrogen-bond acceptors (Lipinski definition) is 7. The zero-order chi connectivity index (χ0) is 17.0. The van der Waals surface area contributed by atoms with Crippen LogP contribution in [0.2, 0.25) is 0 Å². The summed E-state index contributed by atoms with van der Waals surface area (Å²) in [4.78, 5) is 16.1. The molecular weight excluding hydrogens is 314 g/mol. The lowest BCUT2D eigenvalue weighted by molar-refractivity contribution is -0.238. The summed E-state index contributed by atoms with van der Waals surface area (Å²) in [5.74, 6) is -0.864. The van der Waals surface area contributed by atoms with Gasteiger partial charge in [0.1, 0.15) is 6.33 Å². The second-order valence-electron chi connectivity index (χ2n) is 5.03. The monoisotopic (exact) mass is 331 g/mol. The zero-order valence-electron chi connectivity index (χ0n) is 13.2. The Morgan fingerprint density at radius 2 is 2.29 bits per heavy atom. The van der Waals surface area contributed by atoms with Crippen LogP contribution in [0.1, 0.15) is 10.5 Å². The van der Waals surface area contributed by atoms with Crippen LogP contribution in [-0.4, -0.2) is 58.5 Å². The number of nitrogens with one attached hydrogen (secondary N) is 1. The van der Waals surface area contributed by atoms with Crippen molar-refractivity contribution in [1.82, 2.24) is 25.1 Å². The van der Waals surface area contributed by atoms with Gasteiger partial charge >= 0.3 is 0 Å². The van der Waals surface area contributed by atoms with Gasteiger partial charge in [-0.2, -0.15) is 0 Å². The third kappa shape index (κ3) is 3.32. The Hall–Kier alpha value is -2.62. The van der Waals surface area contributed by atoms with Crippen LogP contribution in [0.4, 0.5) is 0 Å². The molecule has 3 rings (SSSR count). The molecule has 24 heavy (non-hydrogen) atoms. The summed E-state index contributed by atoms with van der Waals surface area (Å²) in [7, 11) is 3.02. The van der Waals surface area contributed by atoms with Crippen molar-refractivity contribution >= 4 is 5.91 Å². The topological polar surface area (TPSA) is 100 Å². The van der Waals surface area contributed by atoms with E-state index in [0.29, 0.717) is 5.82 Å². The Bertz CT molecular complexity index is 716. The predicted molar refractivity (Wildman–Crippen MR) is 82.2 cm³/mol. The normalized spacial score (nSPS) is 22.7. The van der Waals surface area contributed by atoms with Crippen LogP contribution in [0.15, 0.2) is 43.0 Å². The lowest BCUT2D eigenvalue weighted by Crippen LogP contribution is -2.44. The first-order valence-electron chi connectivity index (χ1n) is 7.21. The fourth-order valence-corrected chi connectivity index (χ4v) is 2.19. The van der Waals surface area contributed by atoms with E-state index in [0.717, 1.165) is 0 Å². The van der Waals surface area contributed by atoms with Gasteiger partial charge in [0.25, 0.3) is 5.91 Å². The second-order valence-corrected chi connectivity index (χ2v) is 5.03. The first-order valence-corrected chi connectivity index (χ1v) is 7.21. The molecule has 3 heterocycles. The van der Waals surface area contributed by atoms with E-state index in [2.05, 4.69) is 20.5 Å². The number of imidazole rings is 1. The van der Waals surface area contributed by atoms with E-state index in [1.165, 1.54) is 14.2 Å². The molecule has 0 aliphatic carbocycles. The van der Waals surface area contributed by atoms with Crippen molar-refractivity contribution in [3.05, 3.63) is 48.7 Å². The van der Waals surface area contributed by atoms with Crippen LogP contribution in [0.3, 0.4) is 0 Å². The van der Waals surface area contributed by atoms with E-state index >= 15 is 0 Å². The molecule has 2 aromatic heterocycles. The molecule has 1 aliphatic rings. The number of carbonyl (C=O) groups is 1. The molecule has 0 saturated heterocycles. The minimum Gasteiger partial charge on any atom is -0.352 e. The number of aromatic nitrogens is 4. The maximum Gasteiger partial charge on any atom is 0.272 e. The Morgan fingerprint density at radius 1 is 1.42 bits per heavy atom. The number of nitrogens with zero attached hydrogens (tertiary/aromatic N) is 4. The van der Waals surface area contributed by atoms with Crippen molar-refractivity contribution in [1.29, 1.82) is 0 Å². The molecule has 2 aromatic rings. The smallest absolute Gasteiger partial charge is 0.272 e. The Kier molecular flexibility index (Phi) is 4.65. The highest BCUT2D eigenvalue weighted by Crippen LogP contribution is 2.24. The van der Waals surface area contributed by atoms with Crippen molar-refractivity contribution < 1.29 is 19.0 Å². The average Bonchev–Trinajstić information content (AvgIpc) is 3.30. The minimum absolute atomic E-state index is 0.115. The molecular formula is C15H17N5O4. The molecule has 1 amide bonds. The van der Waals surface area contributed by atoms with Crippen molar-refractivity contribution in [2.45, 2.75) is 12.1 Å². The first-order chi connectivity index (χ1) is 11.7. The maximum atomic E-state index is 12.2. The first kappa shape index (κ1) is 16.2. The SMILES string of the molecule is COC1C=CC(CNC(=O)c2ccc(-n3ccnc3)nn2)(OC)O1. The largest absolute Gasteiger partial charge is 0.352 e. The van der Waals surface area contributed by atoms with Gasteiger partial charge in [-0.15, -0.1) is 10.2 Å². The molecule has 0 fully saturated rings. The third-order valence-corrected chi connectivity index (χ3v) is 3.55. The van der Waals surface area contributed by atoms with Crippen molar-refractivity contribution in [3.8, 4) is 5.82 Å². The molecule has 2 unspecified atom stereocenters. The van der Waals surface area contributed by atoms with Crippen molar-refractivity contribution in [3.63, 3.8) is 0 Å². The van der Waals surface area contributed by atoms with Gasteiger partial charge in [-0.3, -0.25) is 9.36 Å². The van der Waals surface area contributed by atoms with Gasteiger partial charge in [0.2, 0.25) is 5.79 Å². The highest BCUT2D eigenvalue weighted by molar-refractivity contribution is 5.92. The lowest BCUT2D eigenvalue weighted by atomic mass is 10.2. The van der Waals surface area contributed by atoms with Gasteiger partial charge in [0, 0.05) is 26.6 Å². The quantitative estimate of drug-likeness (QED) is 0.760. The number of ether oxygens (including phenoxy) is 3. The summed E-state index contributed by atoms with van der Waals surface area (Å²) in [5.41, 5.74) is 0.190. The van der Waals surface area contributed by atoms with Crippen molar-refractivity contribution in [2.75, 3.05) is 20.8 Å². The van der Waals surface area contributed by atoms with Gasteiger partial charge in [-0.1, -0.05) is 0 Å². The summed E-state index contributed by atoms with van der Waals surface area (Å²) < 4.78 is 17.7. The standard InChI is InChI=1S/C15H17N5O4/c1-22-13-5-6-15(23-2,24-13)9-17-14(21)11-3-4-12(19-18-11)20-8-7-16-10-20/h3-8,10,13H,9H2,1-2H3,(H,17,21). The Labute approximate surface area is 138 Å². The van der Waals surface area contributed by atoms with Gasteiger partial charge in [0.05, 0.1) is 6.54 Å². The minimum atomic E-state index is -1.06. The van der Waals surface area contributed by atoms with E-state index in [4.69, 9.17) is 14.2 Å². The third-order valence-electron chi connectivity index (χ3n) is 3.55. The van der Waals surface area contributed by atoms with Crippen LogP contribution in [0.5, 0.6) is 0 Å². The van der Waals surface area contributed by atoms with Crippen LogP contribution in [0, 0.1) is 0 Å². The summed E-state index contributed by atoms with van der Waals surface area (Å²) in [6.45, 7) is 0.115. The highest BCUT2D eigenvalue weighted by Gasteiger charge is 2.36. The number of carbonyl (C=O) groups excluding carboxylic acids is 1. The van der Waals surface area contributed by atoms with E-state index in [1.54, 1.807) is 47.6 Å². The Morgan fingerprint density at radius 3 is 2.88 bits per heavy atom. The Balaban J connectivity index is 1.62. The van der Waals surface area contributed by atoms with Crippen LogP contribution in [0.25, 0.3) is 5.82 Å². The molecule has 1 aliphatic heterocycles. The number of hydrogen-bond donors (Lipinski definition) is 1. The molecule has 2 atom stereocenters. The van der Waals surface area contributed by atoms with E-state index in [1.807, 2.05) is 0 Å². The highest BCUT2D eigenvalue weighted by atomic mass is 16.8. The molecule has 0 spiro atoms. The van der Waals surface area contributed by atoms with Crippen LogP contribution < -0.4 is 5.32 Å².